The first-order valence-corrected chi connectivity index (χ1v) is 8.09. The first kappa shape index (κ1) is 15.9. The Balaban J connectivity index is 1.91. The quantitative estimate of drug-likeness (QED) is 0.943. The molecule has 1 fully saturated rings. The van der Waals surface area contributed by atoms with E-state index in [0.29, 0.717) is 23.2 Å². The summed E-state index contributed by atoms with van der Waals surface area (Å²) in [6, 6.07) is 6.42. The van der Waals surface area contributed by atoms with Gasteiger partial charge in [0.25, 0.3) is 5.91 Å². The maximum absolute atomic E-state index is 13.3. The number of benzene rings is 1. The van der Waals surface area contributed by atoms with Gasteiger partial charge in [-0.05, 0) is 50.8 Å². The third-order valence-electron chi connectivity index (χ3n) is 4.53. The molecule has 1 aromatic heterocycles. The molecule has 0 aliphatic carbocycles. The number of nitrogens with zero attached hydrogens (tertiary/aromatic N) is 2. The molecule has 1 aliphatic heterocycles. The molecule has 1 unspecified atom stereocenters. The number of aliphatic hydroxyl groups is 1. The molecule has 2 heterocycles. The molecule has 4 nitrogen and oxygen atoms in total. The van der Waals surface area contributed by atoms with Gasteiger partial charge < -0.3 is 10.0 Å². The van der Waals surface area contributed by atoms with E-state index in [9.17, 15) is 9.18 Å². The van der Waals surface area contributed by atoms with Gasteiger partial charge in [-0.25, -0.2) is 4.39 Å². The number of amides is 1. The summed E-state index contributed by atoms with van der Waals surface area (Å²) in [4.78, 5) is 19.2. The molecule has 0 saturated carbocycles. The summed E-state index contributed by atoms with van der Waals surface area (Å²) in [5.74, 6) is -0.339. The molecule has 0 spiro atoms. The molecule has 0 radical (unpaired) electrons. The van der Waals surface area contributed by atoms with Gasteiger partial charge in [0.05, 0.1) is 16.8 Å². The van der Waals surface area contributed by atoms with Gasteiger partial charge in [0.1, 0.15) is 5.82 Å². The van der Waals surface area contributed by atoms with E-state index in [4.69, 9.17) is 5.11 Å². The monoisotopic (exact) mass is 316 g/mol. The molecule has 1 N–H and O–H groups in total. The molecular weight excluding hydrogens is 295 g/mol. The average Bonchev–Trinajstić information content (AvgIpc) is 3.00. The lowest BCUT2D eigenvalue weighted by Crippen LogP contribution is -2.36. The number of aryl methyl sites for hydroxylation is 1. The van der Waals surface area contributed by atoms with Crippen LogP contribution in [0.25, 0.3) is 10.9 Å². The van der Waals surface area contributed by atoms with E-state index in [1.165, 1.54) is 12.1 Å². The lowest BCUT2D eigenvalue weighted by molar-refractivity contribution is 0.0723. The lowest BCUT2D eigenvalue weighted by Gasteiger charge is -2.25. The van der Waals surface area contributed by atoms with Gasteiger partial charge in [0.15, 0.2) is 0 Å². The molecule has 1 atom stereocenters. The van der Waals surface area contributed by atoms with Crippen molar-refractivity contribution in [2.45, 2.75) is 38.6 Å². The predicted molar refractivity (Wildman–Crippen MR) is 86.8 cm³/mol. The fraction of sp³-hybridized carbons (Fsp3) is 0.444. The fourth-order valence-electron chi connectivity index (χ4n) is 3.34. The Morgan fingerprint density at radius 2 is 2.26 bits per heavy atom. The van der Waals surface area contributed by atoms with Crippen LogP contribution in [0.4, 0.5) is 4.39 Å². The third-order valence-corrected chi connectivity index (χ3v) is 4.53. The second-order valence-electron chi connectivity index (χ2n) is 6.12. The zero-order chi connectivity index (χ0) is 16.4. The summed E-state index contributed by atoms with van der Waals surface area (Å²) < 4.78 is 13.3. The van der Waals surface area contributed by atoms with Gasteiger partial charge in [-0.1, -0.05) is 0 Å². The van der Waals surface area contributed by atoms with Crippen molar-refractivity contribution in [3.05, 3.63) is 41.3 Å². The van der Waals surface area contributed by atoms with Crippen LogP contribution in [-0.2, 0) is 0 Å². The third kappa shape index (κ3) is 3.20. The number of likely N-dealkylation sites (tertiary alicyclic amines) is 1. The molecule has 0 bridgehead atoms. The second-order valence-corrected chi connectivity index (χ2v) is 6.12. The molecular formula is C18H21FN2O2. The first-order chi connectivity index (χ1) is 11.1. The highest BCUT2D eigenvalue weighted by Gasteiger charge is 2.30. The highest BCUT2D eigenvalue weighted by atomic mass is 19.1. The van der Waals surface area contributed by atoms with E-state index < -0.39 is 0 Å². The summed E-state index contributed by atoms with van der Waals surface area (Å²) in [5, 5.41) is 9.78. The van der Waals surface area contributed by atoms with Gasteiger partial charge in [-0.15, -0.1) is 0 Å². The van der Waals surface area contributed by atoms with E-state index >= 15 is 0 Å². The smallest absolute Gasteiger partial charge is 0.255 e. The van der Waals surface area contributed by atoms with Gasteiger partial charge in [-0.2, -0.15) is 0 Å². The molecule has 3 rings (SSSR count). The maximum atomic E-state index is 13.3. The van der Waals surface area contributed by atoms with E-state index in [-0.39, 0.29) is 24.4 Å². The normalized spacial score (nSPS) is 17.9. The van der Waals surface area contributed by atoms with Crippen LogP contribution in [0, 0.1) is 12.7 Å². The van der Waals surface area contributed by atoms with Crippen molar-refractivity contribution >= 4 is 16.8 Å². The zero-order valence-corrected chi connectivity index (χ0v) is 13.3. The topological polar surface area (TPSA) is 53.4 Å². The standard InChI is InChI=1S/C18H21FN2O2/c1-12-16(10-13-6-7-14(19)11-17(13)20-12)18(23)21-8-2-4-15(21)5-3-9-22/h6-7,10-11,15,22H,2-5,8-9H2,1H3. The highest BCUT2D eigenvalue weighted by molar-refractivity contribution is 5.99. The van der Waals surface area contributed by atoms with Crippen LogP contribution in [0.2, 0.25) is 0 Å². The van der Waals surface area contributed by atoms with Crippen LogP contribution in [0.15, 0.2) is 24.3 Å². The van der Waals surface area contributed by atoms with Crippen LogP contribution < -0.4 is 0 Å². The Morgan fingerprint density at radius 1 is 1.43 bits per heavy atom. The highest BCUT2D eigenvalue weighted by Crippen LogP contribution is 2.26. The number of aromatic nitrogens is 1. The van der Waals surface area contributed by atoms with E-state index in [1.54, 1.807) is 19.1 Å². The van der Waals surface area contributed by atoms with Crippen molar-refractivity contribution in [2.75, 3.05) is 13.2 Å². The van der Waals surface area contributed by atoms with E-state index in [1.807, 2.05) is 4.90 Å². The number of pyridine rings is 1. The average molecular weight is 316 g/mol. The minimum atomic E-state index is -0.327. The van der Waals surface area contributed by atoms with Crippen molar-refractivity contribution in [2.24, 2.45) is 0 Å². The predicted octanol–water partition coefficient (Wildman–Crippen LogP) is 3.06. The number of aliphatic hydroxyl groups excluding tert-OH is 1. The van der Waals surface area contributed by atoms with Gasteiger partial charge >= 0.3 is 0 Å². The molecule has 5 heteroatoms. The number of rotatable bonds is 4. The number of halogens is 1. The summed E-state index contributed by atoms with van der Waals surface area (Å²) in [6.45, 7) is 2.69. The Hall–Kier alpha value is -2.01. The molecule has 1 saturated heterocycles. The first-order valence-electron chi connectivity index (χ1n) is 8.09. The van der Waals surface area contributed by atoms with Crippen LogP contribution in [0.5, 0.6) is 0 Å². The van der Waals surface area contributed by atoms with Crippen molar-refractivity contribution in [1.82, 2.24) is 9.88 Å². The maximum Gasteiger partial charge on any atom is 0.255 e. The summed E-state index contributed by atoms with van der Waals surface area (Å²) in [5.41, 5.74) is 1.78. The van der Waals surface area contributed by atoms with Crippen molar-refractivity contribution in [3.63, 3.8) is 0 Å². The van der Waals surface area contributed by atoms with Crippen LogP contribution >= 0.6 is 0 Å². The van der Waals surface area contributed by atoms with Crippen molar-refractivity contribution in [1.29, 1.82) is 0 Å². The minimum absolute atomic E-state index is 0.0123. The van der Waals surface area contributed by atoms with Crippen LogP contribution in [-0.4, -0.2) is 40.1 Å². The Kier molecular flexibility index (Phi) is 4.57. The second kappa shape index (κ2) is 6.62. The van der Waals surface area contributed by atoms with Gasteiger partial charge in [0.2, 0.25) is 0 Å². The summed E-state index contributed by atoms with van der Waals surface area (Å²) in [6.07, 6.45) is 3.51. The fourth-order valence-corrected chi connectivity index (χ4v) is 3.34. The van der Waals surface area contributed by atoms with Crippen LogP contribution in [0.3, 0.4) is 0 Å². The van der Waals surface area contributed by atoms with Gasteiger partial charge in [-0.3, -0.25) is 9.78 Å². The van der Waals surface area contributed by atoms with Crippen LogP contribution in [0.1, 0.15) is 41.7 Å². The van der Waals surface area contributed by atoms with E-state index in [0.717, 1.165) is 31.2 Å². The molecule has 1 amide bonds. The van der Waals surface area contributed by atoms with E-state index in [2.05, 4.69) is 4.98 Å². The SMILES string of the molecule is Cc1nc2cc(F)ccc2cc1C(=O)N1CCCC1CCCO. The number of hydrogen-bond acceptors (Lipinski definition) is 3. The Morgan fingerprint density at radius 3 is 3.04 bits per heavy atom. The molecule has 1 aromatic carbocycles. The molecule has 2 aromatic rings. The van der Waals surface area contributed by atoms with Crippen molar-refractivity contribution < 1.29 is 14.3 Å². The summed E-state index contributed by atoms with van der Waals surface area (Å²) >= 11 is 0. The number of fused-ring (bicyclic) bond motifs is 1. The Bertz CT molecular complexity index is 732. The largest absolute Gasteiger partial charge is 0.396 e. The number of carbonyl (C=O) groups is 1. The molecule has 1 aliphatic rings. The number of carbonyl (C=O) groups excluding carboxylic acids is 1. The molecule has 122 valence electrons. The minimum Gasteiger partial charge on any atom is -0.396 e. The Labute approximate surface area is 134 Å². The summed E-state index contributed by atoms with van der Waals surface area (Å²) in [7, 11) is 0. The van der Waals surface area contributed by atoms with Gasteiger partial charge in [0, 0.05) is 30.6 Å². The zero-order valence-electron chi connectivity index (χ0n) is 13.3. The number of hydrogen-bond donors (Lipinski definition) is 1. The lowest BCUT2D eigenvalue weighted by atomic mass is 10.1. The van der Waals surface area contributed by atoms with Crippen molar-refractivity contribution in [3.8, 4) is 0 Å². The molecule has 23 heavy (non-hydrogen) atoms.